The summed E-state index contributed by atoms with van der Waals surface area (Å²) >= 11 is 0. The Balaban J connectivity index is 3.96. The molecule has 0 aliphatic carbocycles. The Morgan fingerprint density at radius 3 is 2.14 bits per heavy atom. The smallest absolute Gasteiger partial charge is 0.226 e. The molecular weight excluding hydrogens is 482 g/mol. The van der Waals surface area contributed by atoms with Crippen molar-refractivity contribution in [2.75, 3.05) is 24.7 Å². The molecule has 2 unspecified atom stereocenters. The maximum atomic E-state index is 12.5. The van der Waals surface area contributed by atoms with Crippen LogP contribution in [0.15, 0.2) is 0 Å². The first kappa shape index (κ1) is 34.1. The third-order valence-corrected chi connectivity index (χ3v) is 8.58. The van der Waals surface area contributed by atoms with Gasteiger partial charge < -0.3 is 20.7 Å². The monoisotopic (exact) mass is 533 g/mol. The molecule has 0 radical (unpaired) electrons. The molecule has 0 aliphatic rings. The summed E-state index contributed by atoms with van der Waals surface area (Å²) in [4.78, 5) is 36.4. The van der Waals surface area contributed by atoms with Crippen molar-refractivity contribution in [3.05, 3.63) is 0 Å². The van der Waals surface area contributed by atoms with Gasteiger partial charge in [-0.3, -0.25) is 14.4 Å². The van der Waals surface area contributed by atoms with Crippen molar-refractivity contribution < 1.29 is 19.1 Å². The highest BCUT2D eigenvalue weighted by Gasteiger charge is 2.32. The van der Waals surface area contributed by atoms with Gasteiger partial charge in [0.25, 0.3) is 0 Å². The van der Waals surface area contributed by atoms with Crippen LogP contribution in [0, 0.1) is 5.41 Å². The van der Waals surface area contributed by atoms with E-state index in [1.807, 2.05) is 48.5 Å². The van der Waals surface area contributed by atoms with E-state index in [0.717, 1.165) is 30.8 Å². The highest BCUT2D eigenvalue weighted by atomic mass is 33.1. The van der Waals surface area contributed by atoms with Crippen molar-refractivity contribution in [1.82, 2.24) is 16.0 Å². The lowest BCUT2D eigenvalue weighted by Gasteiger charge is -2.31. The number of rotatable bonds is 20. The molecule has 35 heavy (non-hydrogen) atoms. The molecule has 0 aromatic rings. The Morgan fingerprint density at radius 2 is 1.54 bits per heavy atom. The fourth-order valence-electron chi connectivity index (χ4n) is 3.10. The van der Waals surface area contributed by atoms with E-state index >= 15 is 0 Å². The molecule has 0 aliphatic heterocycles. The molecule has 0 aromatic heterocycles. The first-order chi connectivity index (χ1) is 16.3. The first-order valence-corrected chi connectivity index (χ1v) is 15.6. The molecule has 0 fully saturated rings. The van der Waals surface area contributed by atoms with E-state index < -0.39 is 5.41 Å². The zero-order valence-corrected chi connectivity index (χ0v) is 25.0. The Morgan fingerprint density at radius 1 is 0.886 bits per heavy atom. The summed E-state index contributed by atoms with van der Waals surface area (Å²) in [7, 11) is 3.39. The number of carbonyl (C=O) groups excluding carboxylic acids is 3. The molecule has 0 aromatic carbocycles. The van der Waals surface area contributed by atoms with Crippen LogP contribution >= 0.6 is 21.6 Å². The molecule has 9 heteroatoms. The van der Waals surface area contributed by atoms with Gasteiger partial charge >= 0.3 is 0 Å². The van der Waals surface area contributed by atoms with Crippen LogP contribution in [0.4, 0.5) is 0 Å². The van der Waals surface area contributed by atoms with Gasteiger partial charge in [-0.2, -0.15) is 0 Å². The maximum absolute atomic E-state index is 12.5. The minimum atomic E-state index is -0.440. The van der Waals surface area contributed by atoms with E-state index in [9.17, 15) is 14.4 Å². The van der Waals surface area contributed by atoms with Crippen LogP contribution in [0.5, 0.6) is 0 Å². The molecule has 3 amide bonds. The number of hydrogen-bond donors (Lipinski definition) is 3. The molecule has 0 rings (SSSR count). The number of carbonyl (C=O) groups is 3. The Hall–Kier alpha value is -0.930. The second-order valence-electron chi connectivity index (χ2n) is 10.4. The van der Waals surface area contributed by atoms with Gasteiger partial charge in [-0.1, -0.05) is 42.4 Å². The summed E-state index contributed by atoms with van der Waals surface area (Å²) in [5.41, 5.74) is -0.813. The number of hydrogen-bond acceptors (Lipinski definition) is 6. The lowest BCUT2D eigenvalue weighted by Crippen LogP contribution is -2.43. The van der Waals surface area contributed by atoms with Crippen molar-refractivity contribution in [3.8, 4) is 0 Å². The molecule has 206 valence electrons. The normalized spacial score (nSPS) is 14.3. The summed E-state index contributed by atoms with van der Waals surface area (Å²) < 4.78 is 6.08. The Bertz CT molecular complexity index is 632. The van der Waals surface area contributed by atoms with Crippen molar-refractivity contribution in [2.24, 2.45) is 5.41 Å². The summed E-state index contributed by atoms with van der Waals surface area (Å²) in [6.45, 7) is 17.1. The fourth-order valence-corrected chi connectivity index (χ4v) is 5.17. The van der Waals surface area contributed by atoms with Gasteiger partial charge in [0.05, 0.1) is 5.60 Å². The van der Waals surface area contributed by atoms with Gasteiger partial charge in [0.1, 0.15) is 0 Å². The topological polar surface area (TPSA) is 96.5 Å². The molecule has 3 N–H and O–H groups in total. The Labute approximate surface area is 222 Å². The zero-order chi connectivity index (χ0) is 26.9. The van der Waals surface area contributed by atoms with Crippen molar-refractivity contribution in [2.45, 2.75) is 118 Å². The summed E-state index contributed by atoms with van der Waals surface area (Å²) in [6, 6.07) is 0.360. The lowest BCUT2D eigenvalue weighted by molar-refractivity contribution is -0.133. The number of ether oxygens (including phenoxy) is 1. The largest absolute Gasteiger partial charge is 0.375 e. The van der Waals surface area contributed by atoms with Crippen molar-refractivity contribution in [3.63, 3.8) is 0 Å². The van der Waals surface area contributed by atoms with E-state index in [-0.39, 0.29) is 35.4 Å². The van der Waals surface area contributed by atoms with Gasteiger partial charge in [-0.15, -0.1) is 0 Å². The van der Waals surface area contributed by atoms with Crippen LogP contribution < -0.4 is 16.0 Å². The maximum Gasteiger partial charge on any atom is 0.226 e. The van der Waals surface area contributed by atoms with E-state index in [2.05, 4.69) is 22.9 Å². The minimum Gasteiger partial charge on any atom is -0.375 e. The van der Waals surface area contributed by atoms with Gasteiger partial charge in [0.2, 0.25) is 17.7 Å². The van der Waals surface area contributed by atoms with E-state index in [1.54, 1.807) is 21.6 Å². The van der Waals surface area contributed by atoms with Gasteiger partial charge in [0, 0.05) is 55.0 Å². The minimum absolute atomic E-state index is 0.0470. The van der Waals surface area contributed by atoms with Crippen LogP contribution in [-0.4, -0.2) is 60.1 Å². The molecule has 2 atom stereocenters. The third kappa shape index (κ3) is 17.2. The highest BCUT2D eigenvalue weighted by Crippen LogP contribution is 2.28. The Kier molecular flexibility index (Phi) is 17.8. The quantitative estimate of drug-likeness (QED) is 0.149. The van der Waals surface area contributed by atoms with Crippen LogP contribution in [-0.2, 0) is 19.1 Å². The average molecular weight is 534 g/mol. The van der Waals surface area contributed by atoms with Crippen LogP contribution in [0.2, 0.25) is 0 Å². The van der Waals surface area contributed by atoms with Gasteiger partial charge in [-0.05, 0) is 66.7 Å². The summed E-state index contributed by atoms with van der Waals surface area (Å²) in [5, 5.41) is 8.96. The van der Waals surface area contributed by atoms with Gasteiger partial charge in [0.15, 0.2) is 0 Å². The van der Waals surface area contributed by atoms with Gasteiger partial charge in [-0.25, -0.2) is 0 Å². The molecule has 0 bridgehead atoms. The van der Waals surface area contributed by atoms with Crippen LogP contribution in [0.3, 0.4) is 0 Å². The molecule has 0 saturated carbocycles. The first-order valence-electron chi connectivity index (χ1n) is 13.1. The second kappa shape index (κ2) is 18.3. The predicted molar refractivity (Wildman–Crippen MR) is 151 cm³/mol. The zero-order valence-electron chi connectivity index (χ0n) is 23.4. The SMILES string of the molecule is CCC(C)NC(=O)CCCSSCCC(=O)NCCC(C)(C)OCCC(C)(CC)C(=O)NC(C)C. The molecule has 7 nitrogen and oxygen atoms in total. The number of amides is 3. The van der Waals surface area contributed by atoms with Crippen molar-refractivity contribution >= 4 is 39.3 Å². The van der Waals surface area contributed by atoms with E-state index in [4.69, 9.17) is 4.74 Å². The van der Waals surface area contributed by atoms with E-state index in [0.29, 0.717) is 38.8 Å². The van der Waals surface area contributed by atoms with Crippen molar-refractivity contribution in [1.29, 1.82) is 0 Å². The fraction of sp³-hybridized carbons (Fsp3) is 0.885. The summed E-state index contributed by atoms with van der Waals surface area (Å²) in [6.07, 6.45) is 4.96. The molecule has 0 spiro atoms. The van der Waals surface area contributed by atoms with Crippen LogP contribution in [0.25, 0.3) is 0 Å². The predicted octanol–water partition coefficient (Wildman–Crippen LogP) is 5.09. The average Bonchev–Trinajstić information content (AvgIpc) is 2.77. The molecule has 0 saturated heterocycles. The lowest BCUT2D eigenvalue weighted by atomic mass is 9.83. The van der Waals surface area contributed by atoms with E-state index in [1.165, 1.54) is 0 Å². The number of nitrogens with one attached hydrogen (secondary N) is 3. The standard InChI is InChI=1S/C26H51N3O4S2/c1-9-21(5)29-23(31)12-11-18-34-35-19-13-22(30)27-16-14-25(6,7)33-17-15-26(8,10-2)24(32)28-20(3)4/h20-21H,9-19H2,1-8H3,(H,27,30)(H,28,32)(H,29,31). The second-order valence-corrected chi connectivity index (χ2v) is 13.1. The van der Waals surface area contributed by atoms with Crippen LogP contribution in [0.1, 0.15) is 100 Å². The molecule has 0 heterocycles. The third-order valence-electron chi connectivity index (χ3n) is 6.09. The highest BCUT2D eigenvalue weighted by molar-refractivity contribution is 8.76. The molecular formula is C26H51N3O4S2. The summed E-state index contributed by atoms with van der Waals surface area (Å²) in [5.74, 6) is 1.90.